The zero-order valence-corrected chi connectivity index (χ0v) is 24.3. The Morgan fingerprint density at radius 1 is 0.919 bits per heavy atom. The van der Waals surface area contributed by atoms with Gasteiger partial charge in [-0.25, -0.2) is 0 Å². The van der Waals surface area contributed by atoms with Gasteiger partial charge in [-0.15, -0.1) is 0 Å². The second-order valence-electron chi connectivity index (χ2n) is 13.5. The Labute approximate surface area is 224 Å². The van der Waals surface area contributed by atoms with Crippen LogP contribution in [-0.2, 0) is 9.59 Å². The van der Waals surface area contributed by atoms with Gasteiger partial charge in [-0.1, -0.05) is 92.1 Å². The number of carbonyl (C=O) groups is 3. The van der Waals surface area contributed by atoms with E-state index < -0.39 is 27.8 Å². The van der Waals surface area contributed by atoms with Gasteiger partial charge in [-0.2, -0.15) is 0 Å². The number of Topliss-reactive ketones (excluding diaryl/α,β-unsaturated/α-hetero) is 3. The zero-order chi connectivity index (χ0) is 27.8. The highest BCUT2D eigenvalue weighted by Crippen LogP contribution is 2.67. The Bertz CT molecular complexity index is 1050. The molecule has 37 heavy (non-hydrogen) atoms. The molecule has 204 valence electrons. The molecule has 2 aliphatic carbocycles. The second kappa shape index (κ2) is 10.9. The molecule has 0 heterocycles. The Morgan fingerprint density at radius 2 is 1.49 bits per heavy atom. The number of aliphatic hydroxyl groups excluding tert-OH is 1. The molecule has 0 amide bonds. The van der Waals surface area contributed by atoms with Crippen LogP contribution in [-0.4, -0.2) is 22.5 Å². The number of ketones is 3. The monoisotopic (exact) mass is 508 g/mol. The summed E-state index contributed by atoms with van der Waals surface area (Å²) < 4.78 is 0. The number of fused-ring (bicyclic) bond motifs is 2. The molecule has 4 heteroatoms. The number of benzene rings is 1. The molecule has 3 rings (SSSR count). The quantitative estimate of drug-likeness (QED) is 0.242. The van der Waals surface area contributed by atoms with E-state index in [2.05, 4.69) is 55.4 Å². The summed E-state index contributed by atoms with van der Waals surface area (Å²) in [5, 5.41) is 12.0. The summed E-state index contributed by atoms with van der Waals surface area (Å²) in [4.78, 5) is 43.6. The van der Waals surface area contributed by atoms with Gasteiger partial charge in [-0.05, 0) is 67.6 Å². The van der Waals surface area contributed by atoms with Gasteiger partial charge in [0, 0.05) is 11.1 Å². The lowest BCUT2D eigenvalue weighted by atomic mass is 9.39. The van der Waals surface area contributed by atoms with Gasteiger partial charge in [-0.3, -0.25) is 14.4 Å². The van der Waals surface area contributed by atoms with Crippen LogP contribution in [0.3, 0.4) is 0 Å². The smallest absolute Gasteiger partial charge is 0.184 e. The van der Waals surface area contributed by atoms with Crippen LogP contribution < -0.4 is 0 Å². The number of rotatable bonds is 11. The lowest BCUT2D eigenvalue weighted by Crippen LogP contribution is -2.68. The highest BCUT2D eigenvalue weighted by molar-refractivity contribution is 6.35. The van der Waals surface area contributed by atoms with Crippen LogP contribution >= 0.6 is 0 Å². The number of aliphatic hydroxyl groups is 1. The van der Waals surface area contributed by atoms with E-state index in [0.29, 0.717) is 48.2 Å². The number of carbonyl (C=O) groups excluding carboxylic acids is 3. The van der Waals surface area contributed by atoms with Crippen molar-refractivity contribution in [1.82, 2.24) is 0 Å². The van der Waals surface area contributed by atoms with Crippen molar-refractivity contribution < 1.29 is 19.5 Å². The lowest BCUT2D eigenvalue weighted by Gasteiger charge is -2.60. The molecule has 0 aliphatic heterocycles. The van der Waals surface area contributed by atoms with Crippen molar-refractivity contribution in [2.45, 2.75) is 100 Å². The molecular weight excluding hydrogens is 460 g/mol. The molecular formula is C33H48O4. The van der Waals surface area contributed by atoms with E-state index in [4.69, 9.17) is 0 Å². The van der Waals surface area contributed by atoms with E-state index >= 15 is 0 Å². The van der Waals surface area contributed by atoms with Crippen molar-refractivity contribution in [3.63, 3.8) is 0 Å². The fraction of sp³-hybridized carbons (Fsp3) is 0.667. The predicted molar refractivity (Wildman–Crippen MR) is 149 cm³/mol. The average molecular weight is 509 g/mol. The van der Waals surface area contributed by atoms with Gasteiger partial charge in [0.05, 0.1) is 5.41 Å². The SMILES string of the molecule is CC(C)CCC1=C(O)C2(CCC(C)C)C(=O)C(C(=O)c3ccccc3)(CC(CCC(C)C)C2(C)C)C1=O. The first kappa shape index (κ1) is 29.3. The molecule has 0 aromatic heterocycles. The van der Waals surface area contributed by atoms with Crippen molar-refractivity contribution in [1.29, 1.82) is 0 Å². The fourth-order valence-electron chi connectivity index (χ4n) is 6.81. The topological polar surface area (TPSA) is 71.4 Å². The summed E-state index contributed by atoms with van der Waals surface area (Å²) in [5.41, 5.74) is -2.90. The molecule has 1 fully saturated rings. The minimum atomic E-state index is -1.77. The molecule has 0 saturated heterocycles. The van der Waals surface area contributed by atoms with E-state index in [-0.39, 0.29) is 23.9 Å². The summed E-state index contributed by atoms with van der Waals surface area (Å²) in [6.45, 7) is 16.9. The Morgan fingerprint density at radius 3 is 2.03 bits per heavy atom. The molecule has 3 unspecified atom stereocenters. The van der Waals surface area contributed by atoms with E-state index in [1.165, 1.54) is 0 Å². The largest absolute Gasteiger partial charge is 0.511 e. The van der Waals surface area contributed by atoms with Gasteiger partial charge < -0.3 is 5.11 Å². The molecule has 4 nitrogen and oxygen atoms in total. The van der Waals surface area contributed by atoms with Crippen LogP contribution in [0, 0.1) is 39.9 Å². The first-order valence-corrected chi connectivity index (χ1v) is 14.4. The minimum Gasteiger partial charge on any atom is -0.511 e. The van der Waals surface area contributed by atoms with Gasteiger partial charge in [0.1, 0.15) is 5.76 Å². The van der Waals surface area contributed by atoms with Crippen LogP contribution in [0.4, 0.5) is 0 Å². The van der Waals surface area contributed by atoms with Gasteiger partial charge in [0.25, 0.3) is 0 Å². The molecule has 0 spiro atoms. The average Bonchev–Trinajstić information content (AvgIpc) is 2.82. The second-order valence-corrected chi connectivity index (χ2v) is 13.5. The summed E-state index contributed by atoms with van der Waals surface area (Å²) >= 11 is 0. The van der Waals surface area contributed by atoms with Crippen LogP contribution in [0.5, 0.6) is 0 Å². The Hall–Kier alpha value is -2.23. The third-order valence-corrected chi connectivity index (χ3v) is 9.38. The van der Waals surface area contributed by atoms with Crippen molar-refractivity contribution in [3.05, 3.63) is 47.2 Å². The third-order valence-electron chi connectivity index (χ3n) is 9.38. The molecule has 1 aromatic carbocycles. The number of hydrogen-bond acceptors (Lipinski definition) is 4. The molecule has 3 atom stereocenters. The van der Waals surface area contributed by atoms with Gasteiger partial charge in [0.2, 0.25) is 0 Å². The minimum absolute atomic E-state index is 0.0421. The standard InChI is InChI=1S/C33H48O4/c1-21(2)14-16-25-20-32(27(34)24-12-10-9-11-13-24)28(35)26(17-15-22(3)4)29(36)33(30(32)37,31(25,7)8)19-18-23(5)6/h9-13,21-23,25,36H,14-20H2,1-8H3. The number of hydrogen-bond donors (Lipinski definition) is 1. The van der Waals surface area contributed by atoms with E-state index in [9.17, 15) is 19.5 Å². The first-order chi connectivity index (χ1) is 17.2. The predicted octanol–water partition coefficient (Wildman–Crippen LogP) is 8.16. The van der Waals surface area contributed by atoms with Crippen molar-refractivity contribution in [2.24, 2.45) is 39.9 Å². The van der Waals surface area contributed by atoms with Crippen molar-refractivity contribution in [3.8, 4) is 0 Å². The van der Waals surface area contributed by atoms with E-state index in [1.807, 2.05) is 6.07 Å². The maximum absolute atomic E-state index is 14.8. The summed E-state index contributed by atoms with van der Waals surface area (Å²) in [7, 11) is 0. The van der Waals surface area contributed by atoms with Gasteiger partial charge >= 0.3 is 0 Å². The van der Waals surface area contributed by atoms with Crippen LogP contribution in [0.2, 0.25) is 0 Å². The fourth-order valence-corrected chi connectivity index (χ4v) is 6.81. The summed E-state index contributed by atoms with van der Waals surface area (Å²) in [6, 6.07) is 8.82. The molecule has 2 bridgehead atoms. The highest BCUT2D eigenvalue weighted by Gasteiger charge is 2.73. The van der Waals surface area contributed by atoms with Crippen LogP contribution in [0.25, 0.3) is 0 Å². The van der Waals surface area contributed by atoms with E-state index in [0.717, 1.165) is 19.3 Å². The lowest BCUT2D eigenvalue weighted by molar-refractivity contribution is -0.167. The van der Waals surface area contributed by atoms with E-state index in [1.54, 1.807) is 24.3 Å². The first-order valence-electron chi connectivity index (χ1n) is 14.4. The Kier molecular flexibility index (Phi) is 8.61. The molecule has 2 aliphatic rings. The molecule has 1 aromatic rings. The molecule has 0 radical (unpaired) electrons. The summed E-state index contributed by atoms with van der Waals surface area (Å²) in [6.07, 6.45) is 4.26. The highest BCUT2D eigenvalue weighted by atomic mass is 16.3. The van der Waals surface area contributed by atoms with Crippen molar-refractivity contribution >= 4 is 17.3 Å². The molecule has 1 N–H and O–H groups in total. The van der Waals surface area contributed by atoms with Crippen LogP contribution in [0.1, 0.15) is 111 Å². The normalized spacial score (nSPS) is 27.5. The van der Waals surface area contributed by atoms with Crippen LogP contribution in [0.15, 0.2) is 41.7 Å². The summed E-state index contributed by atoms with van der Waals surface area (Å²) in [5.74, 6) is -0.197. The maximum Gasteiger partial charge on any atom is 0.184 e. The zero-order valence-electron chi connectivity index (χ0n) is 24.3. The molecule has 1 saturated carbocycles. The van der Waals surface area contributed by atoms with Crippen molar-refractivity contribution in [2.75, 3.05) is 0 Å². The van der Waals surface area contributed by atoms with Gasteiger partial charge in [0.15, 0.2) is 22.8 Å². The maximum atomic E-state index is 14.8. The number of allylic oxidation sites excluding steroid dienone is 2. The Balaban J connectivity index is 2.35. The third kappa shape index (κ3) is 4.86.